The molecule has 1 fully saturated rings. The van der Waals surface area contributed by atoms with Crippen molar-refractivity contribution in [2.75, 3.05) is 18.4 Å². The number of hydrogen-bond acceptors (Lipinski definition) is 6. The van der Waals surface area contributed by atoms with Crippen molar-refractivity contribution in [3.05, 3.63) is 74.9 Å². The van der Waals surface area contributed by atoms with E-state index in [4.69, 9.17) is 4.74 Å². The predicted octanol–water partition coefficient (Wildman–Crippen LogP) is 6.89. The van der Waals surface area contributed by atoms with Gasteiger partial charge in [-0.3, -0.25) is 4.90 Å². The number of halogens is 1. The molecular formula is C29H34BrN5O. The van der Waals surface area contributed by atoms with Crippen LogP contribution < -0.4 is 10.1 Å². The van der Waals surface area contributed by atoms with Crippen LogP contribution >= 0.6 is 15.9 Å². The first-order valence-corrected chi connectivity index (χ1v) is 13.2. The van der Waals surface area contributed by atoms with Gasteiger partial charge in [-0.2, -0.15) is 10.2 Å². The summed E-state index contributed by atoms with van der Waals surface area (Å²) in [5, 5.41) is 12.7. The monoisotopic (exact) mass is 547 g/mol. The van der Waals surface area contributed by atoms with Crippen molar-refractivity contribution >= 4 is 21.9 Å². The Morgan fingerprint density at radius 2 is 1.75 bits per heavy atom. The molecule has 2 aromatic carbocycles. The fourth-order valence-electron chi connectivity index (χ4n) is 4.55. The minimum absolute atomic E-state index is 0.183. The smallest absolute Gasteiger partial charge is 0.238 e. The molecule has 7 heteroatoms. The van der Waals surface area contributed by atoms with Crippen LogP contribution in [0.5, 0.6) is 11.6 Å². The van der Waals surface area contributed by atoms with E-state index in [0.717, 1.165) is 43.6 Å². The molecule has 1 saturated heterocycles. The first kappa shape index (κ1) is 26.1. The third-order valence-electron chi connectivity index (χ3n) is 6.65. The van der Waals surface area contributed by atoms with Crippen LogP contribution in [0.3, 0.4) is 0 Å². The van der Waals surface area contributed by atoms with Crippen molar-refractivity contribution in [2.45, 2.75) is 65.5 Å². The molecule has 188 valence electrons. The Hall–Kier alpha value is -2.95. The van der Waals surface area contributed by atoms with Gasteiger partial charge in [-0.15, -0.1) is 0 Å². The van der Waals surface area contributed by atoms with Crippen molar-refractivity contribution < 1.29 is 4.74 Å². The Morgan fingerprint density at radius 3 is 2.33 bits per heavy atom. The molecule has 0 aliphatic carbocycles. The van der Waals surface area contributed by atoms with Crippen LogP contribution in [0.4, 0.5) is 5.95 Å². The van der Waals surface area contributed by atoms with E-state index in [2.05, 4.69) is 87.2 Å². The predicted molar refractivity (Wildman–Crippen MR) is 148 cm³/mol. The molecule has 2 heterocycles. The van der Waals surface area contributed by atoms with Crippen LogP contribution in [0.15, 0.2) is 47.1 Å². The molecule has 1 aliphatic heterocycles. The number of benzene rings is 2. The largest absolute Gasteiger partial charge is 0.437 e. The summed E-state index contributed by atoms with van der Waals surface area (Å²) in [6, 6.07) is 15.2. The lowest BCUT2D eigenvalue weighted by Crippen LogP contribution is -2.39. The van der Waals surface area contributed by atoms with Gasteiger partial charge in [0.15, 0.2) is 0 Å². The van der Waals surface area contributed by atoms with E-state index in [1.165, 1.54) is 11.1 Å². The number of ether oxygens (including phenoxy) is 1. The lowest BCUT2D eigenvalue weighted by Gasteiger charge is -2.32. The third kappa shape index (κ3) is 6.43. The molecule has 36 heavy (non-hydrogen) atoms. The van der Waals surface area contributed by atoms with Crippen molar-refractivity contribution in [3.8, 4) is 17.7 Å². The van der Waals surface area contributed by atoms with Crippen LogP contribution in [0.25, 0.3) is 0 Å². The Balaban J connectivity index is 1.35. The van der Waals surface area contributed by atoms with Gasteiger partial charge in [-0.1, -0.05) is 45.0 Å². The van der Waals surface area contributed by atoms with Crippen molar-refractivity contribution in [2.24, 2.45) is 0 Å². The average molecular weight is 549 g/mol. The van der Waals surface area contributed by atoms with E-state index >= 15 is 0 Å². The number of anilines is 1. The molecule has 0 radical (unpaired) electrons. The highest BCUT2D eigenvalue weighted by atomic mass is 79.9. The molecule has 4 rings (SSSR count). The highest BCUT2D eigenvalue weighted by Crippen LogP contribution is 2.33. The molecule has 0 atom stereocenters. The second-order valence-corrected chi connectivity index (χ2v) is 11.5. The van der Waals surface area contributed by atoms with Gasteiger partial charge in [0.25, 0.3) is 0 Å². The topological polar surface area (TPSA) is 74.1 Å². The summed E-state index contributed by atoms with van der Waals surface area (Å²) in [6.07, 6.45) is 3.78. The Morgan fingerprint density at radius 1 is 1.11 bits per heavy atom. The summed E-state index contributed by atoms with van der Waals surface area (Å²) in [6.45, 7) is 13.7. The van der Waals surface area contributed by atoms with E-state index in [0.29, 0.717) is 33.7 Å². The first-order valence-electron chi connectivity index (χ1n) is 12.4. The highest BCUT2D eigenvalue weighted by Gasteiger charge is 2.21. The molecule has 3 aromatic rings. The minimum Gasteiger partial charge on any atom is -0.437 e. The van der Waals surface area contributed by atoms with Crippen LogP contribution in [-0.4, -0.2) is 34.0 Å². The van der Waals surface area contributed by atoms with E-state index in [1.54, 1.807) is 6.20 Å². The molecule has 0 saturated carbocycles. The molecule has 6 nitrogen and oxygen atoms in total. The summed E-state index contributed by atoms with van der Waals surface area (Å²) in [5.41, 5.74) is 5.33. The van der Waals surface area contributed by atoms with Gasteiger partial charge in [-0.25, -0.2) is 4.98 Å². The standard InChI is InChI=1S/C29H34BrN5O/c1-19-14-22(16-31)15-20(2)26(19)36-27-25(30)17-32-28(34-27)33-24-10-12-35(13-11-24)18-21-6-8-23(9-7-21)29(3,4)5/h6-9,14-15,17,24H,10-13,18H2,1-5H3,(H,32,33,34). The summed E-state index contributed by atoms with van der Waals surface area (Å²) in [7, 11) is 0. The lowest BCUT2D eigenvalue weighted by molar-refractivity contribution is 0.211. The Labute approximate surface area is 222 Å². The maximum Gasteiger partial charge on any atom is 0.238 e. The van der Waals surface area contributed by atoms with Crippen LogP contribution in [0, 0.1) is 25.2 Å². The molecule has 0 amide bonds. The number of hydrogen-bond donors (Lipinski definition) is 1. The molecule has 0 bridgehead atoms. The fourth-order valence-corrected chi connectivity index (χ4v) is 4.82. The number of nitrogens with one attached hydrogen (secondary N) is 1. The summed E-state index contributed by atoms with van der Waals surface area (Å²) in [5.74, 6) is 1.73. The lowest BCUT2D eigenvalue weighted by atomic mass is 9.86. The van der Waals surface area contributed by atoms with E-state index in [1.807, 2.05) is 26.0 Å². The molecule has 1 aromatic heterocycles. The third-order valence-corrected chi connectivity index (χ3v) is 7.19. The number of aromatic nitrogens is 2. The Kier molecular flexibility index (Phi) is 7.97. The van der Waals surface area contributed by atoms with Gasteiger partial charge in [0, 0.05) is 25.7 Å². The SMILES string of the molecule is Cc1cc(C#N)cc(C)c1Oc1nc(NC2CCN(Cc3ccc(C(C)(C)C)cc3)CC2)ncc1Br. The van der Waals surface area contributed by atoms with Crippen LogP contribution in [0.1, 0.15) is 61.4 Å². The molecular weight excluding hydrogens is 514 g/mol. The van der Waals surface area contributed by atoms with E-state index in [-0.39, 0.29) is 5.41 Å². The zero-order valence-corrected chi connectivity index (χ0v) is 23.3. The Bertz CT molecular complexity index is 1230. The quantitative estimate of drug-likeness (QED) is 0.362. The molecule has 0 unspecified atom stereocenters. The summed E-state index contributed by atoms with van der Waals surface area (Å²) < 4.78 is 6.84. The number of nitriles is 1. The number of piperidine rings is 1. The molecule has 0 spiro atoms. The highest BCUT2D eigenvalue weighted by molar-refractivity contribution is 9.10. The van der Waals surface area contributed by atoms with Gasteiger partial charge in [0.2, 0.25) is 11.8 Å². The second-order valence-electron chi connectivity index (χ2n) is 10.6. The second kappa shape index (κ2) is 11.0. The number of aryl methyl sites for hydroxylation is 2. The first-order chi connectivity index (χ1) is 17.1. The van der Waals surface area contributed by atoms with Crippen molar-refractivity contribution in [1.29, 1.82) is 5.26 Å². The molecule has 1 N–H and O–H groups in total. The number of nitrogens with zero attached hydrogens (tertiary/aromatic N) is 4. The minimum atomic E-state index is 0.183. The average Bonchev–Trinajstić information content (AvgIpc) is 2.84. The number of rotatable bonds is 6. The molecule has 1 aliphatic rings. The van der Waals surface area contributed by atoms with E-state index < -0.39 is 0 Å². The van der Waals surface area contributed by atoms with Gasteiger partial charge in [0.1, 0.15) is 5.75 Å². The van der Waals surface area contributed by atoms with Crippen LogP contribution in [-0.2, 0) is 12.0 Å². The van der Waals surface area contributed by atoms with E-state index in [9.17, 15) is 5.26 Å². The van der Waals surface area contributed by atoms with Crippen molar-refractivity contribution in [1.82, 2.24) is 14.9 Å². The summed E-state index contributed by atoms with van der Waals surface area (Å²) >= 11 is 3.51. The maximum atomic E-state index is 9.20. The van der Waals surface area contributed by atoms with Gasteiger partial charge in [-0.05, 0) is 82.4 Å². The van der Waals surface area contributed by atoms with Gasteiger partial charge >= 0.3 is 0 Å². The normalized spacial score (nSPS) is 14.9. The van der Waals surface area contributed by atoms with Crippen molar-refractivity contribution in [3.63, 3.8) is 0 Å². The summed E-state index contributed by atoms with van der Waals surface area (Å²) in [4.78, 5) is 11.6. The van der Waals surface area contributed by atoms with Gasteiger partial charge < -0.3 is 10.1 Å². The van der Waals surface area contributed by atoms with Gasteiger partial charge in [0.05, 0.1) is 22.3 Å². The zero-order valence-electron chi connectivity index (χ0n) is 21.7. The maximum absolute atomic E-state index is 9.20. The number of likely N-dealkylation sites (tertiary alicyclic amines) is 1. The van der Waals surface area contributed by atoms with Crippen LogP contribution in [0.2, 0.25) is 0 Å². The zero-order chi connectivity index (χ0) is 25.9. The fraction of sp³-hybridized carbons (Fsp3) is 0.414.